The molecular weight excluding hydrogens is 756 g/mol. The van der Waals surface area contributed by atoms with E-state index in [1.807, 2.05) is 27.2 Å². The number of allylic oxidation sites excluding steroid dienone is 5. The van der Waals surface area contributed by atoms with Crippen LogP contribution in [0.1, 0.15) is 226 Å². The normalized spacial score (nSPS) is 14.5. The Morgan fingerprint density at radius 3 is 1.37 bits per heavy atom. The number of quaternary nitrogens is 1. The van der Waals surface area contributed by atoms with E-state index in [0.29, 0.717) is 17.4 Å². The van der Waals surface area contributed by atoms with Gasteiger partial charge >= 0.3 is 0 Å². The molecule has 1 amide bonds. The fourth-order valence-electron chi connectivity index (χ4n) is 7.10. The lowest BCUT2D eigenvalue weighted by Crippen LogP contribution is -2.45. The first-order valence-electron chi connectivity index (χ1n) is 24.9. The molecule has 0 saturated heterocycles. The zero-order valence-corrected chi connectivity index (χ0v) is 40.4. The zero-order valence-electron chi connectivity index (χ0n) is 39.5. The van der Waals surface area contributed by atoms with Crippen molar-refractivity contribution in [3.8, 4) is 0 Å². The molecule has 348 valence electrons. The van der Waals surface area contributed by atoms with Gasteiger partial charge in [-0.3, -0.25) is 9.36 Å². The number of amides is 1. The third-order valence-electron chi connectivity index (χ3n) is 11.1. The van der Waals surface area contributed by atoms with Gasteiger partial charge in [0, 0.05) is 6.42 Å². The summed E-state index contributed by atoms with van der Waals surface area (Å²) >= 11 is 0. The van der Waals surface area contributed by atoms with Gasteiger partial charge in [0.25, 0.3) is 7.82 Å². The number of nitrogens with zero attached hydrogens (tertiary/aromatic N) is 1. The van der Waals surface area contributed by atoms with Crippen LogP contribution in [0, 0.1) is 0 Å². The van der Waals surface area contributed by atoms with E-state index in [0.717, 1.165) is 38.5 Å². The summed E-state index contributed by atoms with van der Waals surface area (Å²) < 4.78 is 23.2. The van der Waals surface area contributed by atoms with Gasteiger partial charge in [0.15, 0.2) is 0 Å². The van der Waals surface area contributed by atoms with Crippen LogP contribution in [0.2, 0.25) is 0 Å². The minimum atomic E-state index is -4.60. The summed E-state index contributed by atoms with van der Waals surface area (Å²) in [6.07, 6.45) is 52.0. The summed E-state index contributed by atoms with van der Waals surface area (Å²) in [5.41, 5.74) is 0. The van der Waals surface area contributed by atoms with Crippen molar-refractivity contribution in [1.82, 2.24) is 5.32 Å². The molecule has 0 radical (unpaired) electrons. The minimum Gasteiger partial charge on any atom is -0.756 e. The summed E-state index contributed by atoms with van der Waals surface area (Å²) in [6, 6.07) is -0.904. The number of phosphoric ester groups is 1. The molecule has 0 aliphatic carbocycles. The highest BCUT2D eigenvalue weighted by Crippen LogP contribution is 2.38. The molecule has 3 atom stereocenters. The van der Waals surface area contributed by atoms with Gasteiger partial charge in [-0.25, -0.2) is 0 Å². The predicted molar refractivity (Wildman–Crippen MR) is 251 cm³/mol. The molecule has 8 nitrogen and oxygen atoms in total. The average molecular weight is 853 g/mol. The number of carbonyl (C=O) groups is 1. The smallest absolute Gasteiger partial charge is 0.268 e. The second-order valence-corrected chi connectivity index (χ2v) is 19.6. The van der Waals surface area contributed by atoms with Crippen molar-refractivity contribution in [2.75, 3.05) is 40.9 Å². The number of rotatable bonds is 45. The van der Waals surface area contributed by atoms with Gasteiger partial charge in [-0.2, -0.15) is 0 Å². The van der Waals surface area contributed by atoms with Gasteiger partial charge in [-0.1, -0.05) is 198 Å². The van der Waals surface area contributed by atoms with Crippen molar-refractivity contribution < 1.29 is 32.9 Å². The highest BCUT2D eigenvalue weighted by atomic mass is 31.2. The summed E-state index contributed by atoms with van der Waals surface area (Å²) in [5.74, 6) is -0.211. The standard InChI is InChI=1S/C50H97N2O6P/c1-6-8-10-12-14-16-18-20-22-24-25-26-28-30-32-34-36-38-40-42-44-50(54)51-48(47-58-59(55,56)57-46-45-52(3,4)5)49(53)43-41-39-37-35-33-31-29-27-23-21-19-17-15-13-11-9-7-2/h25-26,33,35,41,43,48-49,53H,6-24,27-32,34,36-40,42,44-47H2,1-5H3,(H-,51,54,55,56)/b26-25-,35-33+,43-41+. The van der Waals surface area contributed by atoms with Crippen LogP contribution in [0.15, 0.2) is 36.5 Å². The molecule has 0 bridgehead atoms. The second-order valence-electron chi connectivity index (χ2n) is 18.2. The summed E-state index contributed by atoms with van der Waals surface area (Å²) in [6.45, 7) is 4.63. The zero-order chi connectivity index (χ0) is 43.6. The third-order valence-corrected chi connectivity index (χ3v) is 12.0. The molecule has 0 aromatic rings. The Bertz CT molecular complexity index is 1060. The number of likely N-dealkylation sites (N-methyl/N-ethyl adjacent to an activating group) is 1. The van der Waals surface area contributed by atoms with Gasteiger partial charge in [-0.05, 0) is 57.8 Å². The van der Waals surface area contributed by atoms with Crippen molar-refractivity contribution in [3.63, 3.8) is 0 Å². The molecule has 0 aromatic carbocycles. The Labute approximate surface area is 366 Å². The lowest BCUT2D eigenvalue weighted by molar-refractivity contribution is -0.870. The third kappa shape index (κ3) is 44.6. The molecule has 3 unspecified atom stereocenters. The van der Waals surface area contributed by atoms with E-state index in [1.54, 1.807) is 6.08 Å². The van der Waals surface area contributed by atoms with Gasteiger partial charge in [0.05, 0.1) is 39.9 Å². The van der Waals surface area contributed by atoms with E-state index < -0.39 is 26.6 Å². The molecule has 2 N–H and O–H groups in total. The first kappa shape index (κ1) is 57.7. The quantitative estimate of drug-likeness (QED) is 0.0273. The van der Waals surface area contributed by atoms with Crippen molar-refractivity contribution in [2.24, 2.45) is 0 Å². The van der Waals surface area contributed by atoms with Crippen molar-refractivity contribution in [3.05, 3.63) is 36.5 Å². The predicted octanol–water partition coefficient (Wildman–Crippen LogP) is 13.6. The van der Waals surface area contributed by atoms with E-state index in [4.69, 9.17) is 9.05 Å². The maximum absolute atomic E-state index is 12.9. The Balaban J connectivity index is 4.38. The Kier molecular flexibility index (Phi) is 41.1. The van der Waals surface area contributed by atoms with Crippen LogP contribution in [-0.4, -0.2) is 68.5 Å². The number of hydrogen-bond donors (Lipinski definition) is 2. The number of hydrogen-bond acceptors (Lipinski definition) is 6. The van der Waals surface area contributed by atoms with E-state index in [-0.39, 0.29) is 12.5 Å². The van der Waals surface area contributed by atoms with E-state index in [9.17, 15) is 19.4 Å². The number of phosphoric acid groups is 1. The lowest BCUT2D eigenvalue weighted by atomic mass is 10.1. The molecule has 0 aromatic heterocycles. The highest BCUT2D eigenvalue weighted by molar-refractivity contribution is 7.45. The van der Waals surface area contributed by atoms with E-state index >= 15 is 0 Å². The number of aliphatic hydroxyl groups is 1. The molecule has 0 aliphatic heterocycles. The van der Waals surface area contributed by atoms with E-state index in [2.05, 4.69) is 43.5 Å². The highest BCUT2D eigenvalue weighted by Gasteiger charge is 2.23. The SMILES string of the molecule is CCCCCCCCCCC/C=C\CCCCCCCCCC(=O)NC(COP(=O)([O-])OCC[N+](C)(C)C)C(O)/C=C/CC/C=C/CCCCCCCCCCCCC. The fraction of sp³-hybridized carbons (Fsp3) is 0.860. The van der Waals surface area contributed by atoms with Crippen molar-refractivity contribution >= 4 is 13.7 Å². The van der Waals surface area contributed by atoms with Crippen molar-refractivity contribution in [2.45, 2.75) is 238 Å². The van der Waals surface area contributed by atoms with Crippen LogP contribution in [-0.2, 0) is 18.4 Å². The topological polar surface area (TPSA) is 108 Å². The average Bonchev–Trinajstić information content (AvgIpc) is 3.19. The number of nitrogens with one attached hydrogen (secondary N) is 1. The Morgan fingerprint density at radius 2 is 0.949 bits per heavy atom. The van der Waals surface area contributed by atoms with Crippen LogP contribution < -0.4 is 10.2 Å². The molecule has 0 spiro atoms. The van der Waals surface area contributed by atoms with Crippen LogP contribution in [0.25, 0.3) is 0 Å². The number of aliphatic hydroxyl groups excluding tert-OH is 1. The Morgan fingerprint density at radius 1 is 0.576 bits per heavy atom. The van der Waals surface area contributed by atoms with Crippen molar-refractivity contribution in [1.29, 1.82) is 0 Å². The molecule has 9 heteroatoms. The summed E-state index contributed by atoms with van der Waals surface area (Å²) in [4.78, 5) is 25.4. The molecule has 59 heavy (non-hydrogen) atoms. The molecular formula is C50H97N2O6P. The monoisotopic (exact) mass is 853 g/mol. The second kappa shape index (κ2) is 42.0. The first-order chi connectivity index (χ1) is 28.5. The maximum atomic E-state index is 12.9. The van der Waals surface area contributed by atoms with Crippen LogP contribution in [0.5, 0.6) is 0 Å². The number of unbranched alkanes of at least 4 members (excludes halogenated alkanes) is 28. The van der Waals surface area contributed by atoms with Crippen LogP contribution in [0.3, 0.4) is 0 Å². The molecule has 0 saturated carbocycles. The largest absolute Gasteiger partial charge is 0.756 e. The van der Waals surface area contributed by atoms with Gasteiger partial charge in [0.1, 0.15) is 13.2 Å². The van der Waals surface area contributed by atoms with E-state index in [1.165, 1.54) is 167 Å². The first-order valence-corrected chi connectivity index (χ1v) is 26.3. The minimum absolute atomic E-state index is 0.00692. The van der Waals surface area contributed by atoms with Gasteiger partial charge in [0.2, 0.25) is 5.91 Å². The molecule has 0 fully saturated rings. The Hall–Kier alpha value is -1.28. The number of carbonyl (C=O) groups excluding carboxylic acids is 1. The maximum Gasteiger partial charge on any atom is 0.268 e. The molecule has 0 heterocycles. The lowest BCUT2D eigenvalue weighted by Gasteiger charge is -2.29. The van der Waals surface area contributed by atoms with Crippen LogP contribution in [0.4, 0.5) is 0 Å². The fourth-order valence-corrected chi connectivity index (χ4v) is 7.83. The summed E-state index contributed by atoms with van der Waals surface area (Å²) in [7, 11) is 1.24. The molecule has 0 rings (SSSR count). The van der Waals surface area contributed by atoms with Crippen LogP contribution >= 0.6 is 7.82 Å². The summed E-state index contributed by atoms with van der Waals surface area (Å²) in [5, 5.41) is 13.8. The van der Waals surface area contributed by atoms with Gasteiger partial charge < -0.3 is 28.8 Å². The van der Waals surface area contributed by atoms with Gasteiger partial charge in [-0.15, -0.1) is 0 Å². The molecule has 0 aliphatic rings.